The Balaban J connectivity index is 1.77. The first kappa shape index (κ1) is 14.6. The van der Waals surface area contributed by atoms with E-state index < -0.39 is 17.5 Å². The van der Waals surface area contributed by atoms with Crippen LogP contribution in [-0.4, -0.2) is 33.8 Å². The maximum atomic E-state index is 12.7. The molecule has 1 saturated heterocycles. The molecule has 1 saturated carbocycles. The third-order valence-corrected chi connectivity index (χ3v) is 4.63. The maximum Gasteiger partial charge on any atom is 0.433 e. The number of aliphatic hydroxyl groups is 1. The van der Waals surface area contributed by atoms with Crippen molar-refractivity contribution < 1.29 is 18.3 Å². The van der Waals surface area contributed by atoms with Crippen molar-refractivity contribution in [3.05, 3.63) is 18.0 Å². The zero-order valence-electron chi connectivity index (χ0n) is 11.8. The van der Waals surface area contributed by atoms with Crippen LogP contribution in [-0.2, 0) is 6.18 Å². The minimum absolute atomic E-state index is 0.00288. The molecule has 0 radical (unpaired) electrons. The van der Waals surface area contributed by atoms with E-state index in [2.05, 4.69) is 9.97 Å². The smallest absolute Gasteiger partial charge is 0.389 e. The number of rotatable bonds is 2. The first-order valence-corrected chi connectivity index (χ1v) is 7.18. The standard InChI is InChI=1S/C14H18F3N3O/c1-9-8-20(7-5-13(9,21)10-2-3-10)12-18-6-4-11(19-12)14(15,16)17/h4,6,9-10,21H,2-3,5,7-8H2,1H3/t9-,13+/m0/s1. The molecular formula is C14H18F3N3O. The number of anilines is 1. The topological polar surface area (TPSA) is 49.2 Å². The normalized spacial score (nSPS) is 30.5. The van der Waals surface area contributed by atoms with Gasteiger partial charge >= 0.3 is 6.18 Å². The van der Waals surface area contributed by atoms with Gasteiger partial charge in [-0.2, -0.15) is 13.2 Å². The van der Waals surface area contributed by atoms with Gasteiger partial charge in [0.1, 0.15) is 5.69 Å². The summed E-state index contributed by atoms with van der Waals surface area (Å²) in [5, 5.41) is 10.7. The summed E-state index contributed by atoms with van der Waals surface area (Å²) in [7, 11) is 0. The molecule has 1 aromatic heterocycles. The van der Waals surface area contributed by atoms with Gasteiger partial charge in [0.15, 0.2) is 0 Å². The summed E-state index contributed by atoms with van der Waals surface area (Å²) in [5.41, 5.74) is -1.61. The van der Waals surface area contributed by atoms with E-state index in [0.717, 1.165) is 25.1 Å². The van der Waals surface area contributed by atoms with E-state index in [1.54, 1.807) is 4.90 Å². The zero-order valence-corrected chi connectivity index (χ0v) is 11.8. The molecule has 0 spiro atoms. The molecule has 0 bridgehead atoms. The highest BCUT2D eigenvalue weighted by atomic mass is 19.4. The minimum atomic E-state index is -4.46. The molecule has 0 aromatic carbocycles. The number of nitrogens with zero attached hydrogens (tertiary/aromatic N) is 3. The van der Waals surface area contributed by atoms with E-state index in [4.69, 9.17) is 0 Å². The molecule has 0 unspecified atom stereocenters. The van der Waals surface area contributed by atoms with Gasteiger partial charge in [-0.25, -0.2) is 9.97 Å². The molecule has 2 heterocycles. The van der Waals surface area contributed by atoms with Crippen molar-refractivity contribution in [3.63, 3.8) is 0 Å². The number of aromatic nitrogens is 2. The Labute approximate surface area is 121 Å². The minimum Gasteiger partial charge on any atom is -0.389 e. The van der Waals surface area contributed by atoms with Crippen molar-refractivity contribution in [1.29, 1.82) is 0 Å². The maximum absolute atomic E-state index is 12.7. The monoisotopic (exact) mass is 301 g/mol. The molecule has 4 nitrogen and oxygen atoms in total. The van der Waals surface area contributed by atoms with Crippen LogP contribution in [0.2, 0.25) is 0 Å². The summed E-state index contributed by atoms with van der Waals surface area (Å²) in [6.07, 6.45) is -0.689. The lowest BCUT2D eigenvalue weighted by atomic mass is 9.78. The summed E-state index contributed by atoms with van der Waals surface area (Å²) >= 11 is 0. The van der Waals surface area contributed by atoms with Crippen molar-refractivity contribution in [2.75, 3.05) is 18.0 Å². The fourth-order valence-corrected chi connectivity index (χ4v) is 3.17. The van der Waals surface area contributed by atoms with Gasteiger partial charge in [-0.05, 0) is 31.2 Å². The number of piperidine rings is 1. The Bertz CT molecular complexity index is 532. The molecule has 1 aromatic rings. The second-order valence-electron chi connectivity index (χ2n) is 6.10. The fraction of sp³-hybridized carbons (Fsp3) is 0.714. The molecule has 21 heavy (non-hydrogen) atoms. The average Bonchev–Trinajstić information content (AvgIpc) is 3.26. The molecule has 0 amide bonds. The van der Waals surface area contributed by atoms with Gasteiger partial charge in [-0.3, -0.25) is 0 Å². The lowest BCUT2D eigenvalue weighted by Gasteiger charge is -2.43. The van der Waals surface area contributed by atoms with Crippen LogP contribution in [0, 0.1) is 11.8 Å². The van der Waals surface area contributed by atoms with Crippen molar-refractivity contribution in [1.82, 2.24) is 9.97 Å². The molecule has 7 heteroatoms. The molecular weight excluding hydrogens is 283 g/mol. The molecule has 116 valence electrons. The largest absolute Gasteiger partial charge is 0.433 e. The lowest BCUT2D eigenvalue weighted by molar-refractivity contribution is -0.141. The summed E-state index contributed by atoms with van der Waals surface area (Å²) in [5.74, 6) is 0.434. The van der Waals surface area contributed by atoms with E-state index in [-0.39, 0.29) is 11.9 Å². The predicted molar refractivity (Wildman–Crippen MR) is 70.7 cm³/mol. The van der Waals surface area contributed by atoms with Crippen molar-refractivity contribution in [2.24, 2.45) is 11.8 Å². The van der Waals surface area contributed by atoms with Gasteiger partial charge in [0.25, 0.3) is 0 Å². The highest BCUT2D eigenvalue weighted by Gasteiger charge is 2.50. The third-order valence-electron chi connectivity index (χ3n) is 4.63. The van der Waals surface area contributed by atoms with Gasteiger partial charge in [0.05, 0.1) is 5.60 Å². The average molecular weight is 301 g/mol. The molecule has 2 fully saturated rings. The number of hydrogen-bond donors (Lipinski definition) is 1. The second kappa shape index (κ2) is 4.83. The van der Waals surface area contributed by atoms with Crippen LogP contribution in [0.15, 0.2) is 12.3 Å². The Morgan fingerprint density at radius 1 is 1.38 bits per heavy atom. The van der Waals surface area contributed by atoms with Crippen LogP contribution < -0.4 is 4.90 Å². The molecule has 1 N–H and O–H groups in total. The summed E-state index contributed by atoms with van der Waals surface area (Å²) in [6.45, 7) is 2.91. The summed E-state index contributed by atoms with van der Waals surface area (Å²) in [4.78, 5) is 9.30. The van der Waals surface area contributed by atoms with Crippen LogP contribution in [0.4, 0.5) is 19.1 Å². The highest BCUT2D eigenvalue weighted by Crippen LogP contribution is 2.47. The van der Waals surface area contributed by atoms with Crippen LogP contribution in [0.3, 0.4) is 0 Å². The van der Waals surface area contributed by atoms with E-state index in [9.17, 15) is 18.3 Å². The zero-order chi connectivity index (χ0) is 15.3. The van der Waals surface area contributed by atoms with Gasteiger partial charge in [0.2, 0.25) is 5.95 Å². The Morgan fingerprint density at radius 3 is 2.67 bits per heavy atom. The Kier molecular flexibility index (Phi) is 3.35. The summed E-state index contributed by atoms with van der Waals surface area (Å²) < 4.78 is 38.1. The van der Waals surface area contributed by atoms with Gasteiger partial charge in [-0.15, -0.1) is 0 Å². The molecule has 1 aliphatic heterocycles. The van der Waals surface area contributed by atoms with Crippen molar-refractivity contribution >= 4 is 5.95 Å². The van der Waals surface area contributed by atoms with Gasteiger partial charge < -0.3 is 10.0 Å². The molecule has 1 aliphatic carbocycles. The van der Waals surface area contributed by atoms with Crippen molar-refractivity contribution in [2.45, 2.75) is 38.0 Å². The van der Waals surface area contributed by atoms with Crippen LogP contribution in [0.5, 0.6) is 0 Å². The number of alkyl halides is 3. The quantitative estimate of drug-likeness (QED) is 0.912. The Morgan fingerprint density at radius 2 is 2.10 bits per heavy atom. The van der Waals surface area contributed by atoms with E-state index >= 15 is 0 Å². The summed E-state index contributed by atoms with van der Waals surface area (Å²) in [6, 6.07) is 0.872. The van der Waals surface area contributed by atoms with Gasteiger partial charge in [-0.1, -0.05) is 6.92 Å². The first-order chi connectivity index (χ1) is 9.80. The van der Waals surface area contributed by atoms with Crippen LogP contribution in [0.1, 0.15) is 31.9 Å². The molecule has 3 rings (SSSR count). The Hall–Kier alpha value is -1.37. The molecule has 2 atom stereocenters. The van der Waals surface area contributed by atoms with Gasteiger partial charge in [0, 0.05) is 25.2 Å². The van der Waals surface area contributed by atoms with E-state index in [1.165, 1.54) is 0 Å². The SMILES string of the molecule is C[C@H]1CN(c2nccc(C(F)(F)F)n2)CC[C@]1(O)C1CC1. The van der Waals surface area contributed by atoms with Crippen LogP contribution in [0.25, 0.3) is 0 Å². The van der Waals surface area contributed by atoms with E-state index in [1.807, 2.05) is 6.92 Å². The number of hydrogen-bond acceptors (Lipinski definition) is 4. The number of halogens is 3. The predicted octanol–water partition coefficient (Wildman–Crippen LogP) is 2.48. The highest BCUT2D eigenvalue weighted by molar-refractivity contribution is 5.33. The molecule has 2 aliphatic rings. The first-order valence-electron chi connectivity index (χ1n) is 7.18. The van der Waals surface area contributed by atoms with Crippen molar-refractivity contribution in [3.8, 4) is 0 Å². The van der Waals surface area contributed by atoms with E-state index in [0.29, 0.717) is 25.4 Å². The second-order valence-corrected chi connectivity index (χ2v) is 6.10. The third kappa shape index (κ3) is 2.71. The lowest BCUT2D eigenvalue weighted by Crippen LogP contribution is -2.52. The van der Waals surface area contributed by atoms with Crippen LogP contribution >= 0.6 is 0 Å². The fourth-order valence-electron chi connectivity index (χ4n) is 3.17.